The zero-order valence-electron chi connectivity index (χ0n) is 20.0. The van der Waals surface area contributed by atoms with Crippen LogP contribution >= 0.6 is 0 Å². The molecule has 0 radical (unpaired) electrons. The minimum absolute atomic E-state index is 0.00209. The molecule has 1 spiro atoms. The Balaban J connectivity index is 1.47. The average molecular weight is 474 g/mol. The van der Waals surface area contributed by atoms with Gasteiger partial charge in [-0.1, -0.05) is 18.2 Å². The van der Waals surface area contributed by atoms with Crippen molar-refractivity contribution in [2.24, 2.45) is 0 Å². The van der Waals surface area contributed by atoms with E-state index in [9.17, 15) is 18.7 Å². The Hall–Kier alpha value is -2.35. The molecule has 0 unspecified atom stereocenters. The van der Waals surface area contributed by atoms with Gasteiger partial charge in [0.2, 0.25) is 0 Å². The van der Waals surface area contributed by atoms with Crippen LogP contribution in [-0.2, 0) is 15.1 Å². The summed E-state index contributed by atoms with van der Waals surface area (Å²) in [6, 6.07) is 10.7. The van der Waals surface area contributed by atoms with Gasteiger partial charge in [0.1, 0.15) is 11.6 Å². The molecule has 1 amide bonds. The molecule has 2 saturated heterocycles. The van der Waals surface area contributed by atoms with Gasteiger partial charge in [-0.3, -0.25) is 4.79 Å². The van der Waals surface area contributed by atoms with E-state index < -0.39 is 17.0 Å². The molecule has 2 aromatic rings. The number of rotatable bonds is 5. The van der Waals surface area contributed by atoms with Gasteiger partial charge in [-0.2, -0.15) is 0 Å². The molecule has 5 nitrogen and oxygen atoms in total. The fourth-order valence-electron chi connectivity index (χ4n) is 5.17. The molecule has 4 rings (SSSR count). The molecule has 0 saturated carbocycles. The van der Waals surface area contributed by atoms with Crippen molar-refractivity contribution in [3.05, 3.63) is 70.8 Å². The third-order valence-electron chi connectivity index (χ3n) is 6.93. The molecule has 2 aliphatic rings. The van der Waals surface area contributed by atoms with Gasteiger partial charge in [-0.25, -0.2) is 8.78 Å². The van der Waals surface area contributed by atoms with Gasteiger partial charge >= 0.3 is 0 Å². The first kappa shape index (κ1) is 24.8. The molecule has 7 heteroatoms. The Labute approximate surface area is 199 Å². The zero-order chi connectivity index (χ0) is 24.5. The van der Waals surface area contributed by atoms with Crippen LogP contribution in [0.1, 0.15) is 74.0 Å². The van der Waals surface area contributed by atoms with Gasteiger partial charge in [0.15, 0.2) is 0 Å². The lowest BCUT2D eigenvalue weighted by atomic mass is 9.80. The Morgan fingerprint density at radius 3 is 2.56 bits per heavy atom. The highest BCUT2D eigenvalue weighted by Gasteiger charge is 2.45. The highest BCUT2D eigenvalue weighted by atomic mass is 19.1. The van der Waals surface area contributed by atoms with E-state index in [-0.39, 0.29) is 35.1 Å². The number of benzene rings is 2. The predicted octanol–water partition coefficient (Wildman–Crippen LogP) is 5.12. The summed E-state index contributed by atoms with van der Waals surface area (Å²) in [5.41, 5.74) is -0.568. The van der Waals surface area contributed by atoms with Crippen LogP contribution in [0.15, 0.2) is 42.5 Å². The van der Waals surface area contributed by atoms with Crippen LogP contribution < -0.4 is 0 Å². The molecular weight excluding hydrogens is 440 g/mol. The van der Waals surface area contributed by atoms with Gasteiger partial charge in [0, 0.05) is 43.7 Å². The van der Waals surface area contributed by atoms with Gasteiger partial charge in [0.25, 0.3) is 5.91 Å². The summed E-state index contributed by atoms with van der Waals surface area (Å²) >= 11 is 0. The largest absolute Gasteiger partial charge is 0.386 e. The van der Waals surface area contributed by atoms with Crippen molar-refractivity contribution in [3.8, 4) is 0 Å². The summed E-state index contributed by atoms with van der Waals surface area (Å²) in [5, 5.41) is 10.1. The number of ether oxygens (including phenoxy) is 2. The molecule has 0 aromatic heterocycles. The maximum absolute atomic E-state index is 14.5. The molecule has 34 heavy (non-hydrogen) atoms. The monoisotopic (exact) mass is 473 g/mol. The smallest absolute Gasteiger partial charge is 0.253 e. The molecular formula is C27H33F2NO4. The number of hydrogen-bond acceptors (Lipinski definition) is 4. The van der Waals surface area contributed by atoms with Gasteiger partial charge < -0.3 is 19.5 Å². The number of amides is 1. The lowest BCUT2D eigenvalue weighted by molar-refractivity contribution is -0.190. The summed E-state index contributed by atoms with van der Waals surface area (Å²) < 4.78 is 40.9. The van der Waals surface area contributed by atoms with Crippen LogP contribution in [0.4, 0.5) is 8.78 Å². The number of carbonyl (C=O) groups excluding carboxylic acids is 1. The minimum Gasteiger partial charge on any atom is -0.386 e. The zero-order valence-corrected chi connectivity index (χ0v) is 20.0. The Morgan fingerprint density at radius 2 is 1.94 bits per heavy atom. The molecule has 1 N–H and O–H groups in total. The Bertz CT molecular complexity index is 1030. The highest BCUT2D eigenvalue weighted by Crippen LogP contribution is 2.44. The van der Waals surface area contributed by atoms with Crippen molar-refractivity contribution < 1.29 is 28.2 Å². The van der Waals surface area contributed by atoms with Gasteiger partial charge in [-0.15, -0.1) is 0 Å². The fourth-order valence-corrected chi connectivity index (χ4v) is 5.17. The van der Waals surface area contributed by atoms with Crippen LogP contribution in [0.5, 0.6) is 0 Å². The van der Waals surface area contributed by atoms with Crippen molar-refractivity contribution in [1.29, 1.82) is 0 Å². The molecule has 2 aromatic carbocycles. The lowest BCUT2D eigenvalue weighted by Crippen LogP contribution is -2.52. The van der Waals surface area contributed by atoms with E-state index >= 15 is 0 Å². The van der Waals surface area contributed by atoms with Crippen molar-refractivity contribution in [2.75, 3.05) is 19.7 Å². The molecule has 0 aliphatic carbocycles. The second-order valence-electron chi connectivity index (χ2n) is 9.91. The topological polar surface area (TPSA) is 59.0 Å². The van der Waals surface area contributed by atoms with E-state index in [0.717, 1.165) is 12.0 Å². The van der Waals surface area contributed by atoms with Crippen LogP contribution in [0.2, 0.25) is 0 Å². The maximum atomic E-state index is 14.5. The summed E-state index contributed by atoms with van der Waals surface area (Å²) in [7, 11) is 0. The average Bonchev–Trinajstić information content (AvgIpc) is 2.78. The predicted molar refractivity (Wildman–Crippen MR) is 124 cm³/mol. The van der Waals surface area contributed by atoms with Crippen molar-refractivity contribution in [3.63, 3.8) is 0 Å². The van der Waals surface area contributed by atoms with Crippen molar-refractivity contribution in [2.45, 2.75) is 69.9 Å². The number of halogens is 2. The molecule has 2 aliphatic heterocycles. The molecule has 2 fully saturated rings. The third-order valence-corrected chi connectivity index (χ3v) is 6.93. The van der Waals surface area contributed by atoms with E-state index in [4.69, 9.17) is 9.47 Å². The van der Waals surface area contributed by atoms with Crippen molar-refractivity contribution >= 4 is 5.91 Å². The standard InChI is InChI=1S/C27H33F2NO4/c1-4-33-21-16-24(18-6-5-7-20(28)14-18)34-27(17-21)10-12-30(13-11-27)25(31)19-8-9-22(23(29)15-19)26(2,3)32/h5-9,14-15,21,24,32H,4,10-13,16-17H2,1-3H3/t21-,24-/m0/s1. The van der Waals surface area contributed by atoms with Crippen LogP contribution in [0.25, 0.3) is 0 Å². The summed E-state index contributed by atoms with van der Waals surface area (Å²) in [4.78, 5) is 14.8. The number of likely N-dealkylation sites (tertiary alicyclic amines) is 1. The molecule has 2 atom stereocenters. The van der Waals surface area contributed by atoms with Crippen LogP contribution in [0, 0.1) is 11.6 Å². The first-order valence-electron chi connectivity index (χ1n) is 12.0. The summed E-state index contributed by atoms with van der Waals surface area (Å²) in [5.74, 6) is -1.13. The number of nitrogens with zero attached hydrogens (tertiary/aromatic N) is 1. The molecule has 2 heterocycles. The highest BCUT2D eigenvalue weighted by molar-refractivity contribution is 5.94. The number of carbonyl (C=O) groups is 1. The minimum atomic E-state index is -1.32. The molecule has 0 bridgehead atoms. The summed E-state index contributed by atoms with van der Waals surface area (Å²) in [6.07, 6.45) is 2.36. The number of aliphatic hydroxyl groups is 1. The van der Waals surface area contributed by atoms with Crippen LogP contribution in [0.3, 0.4) is 0 Å². The second kappa shape index (κ2) is 9.72. The number of piperidine rings is 1. The summed E-state index contributed by atoms with van der Waals surface area (Å²) in [6.45, 7) is 6.52. The van der Waals surface area contributed by atoms with Gasteiger partial charge in [-0.05, 0) is 63.4 Å². The third kappa shape index (κ3) is 5.32. The lowest BCUT2D eigenvalue weighted by Gasteiger charge is -2.48. The molecule has 184 valence electrons. The Kier molecular flexibility index (Phi) is 7.08. The first-order valence-corrected chi connectivity index (χ1v) is 12.0. The second-order valence-corrected chi connectivity index (χ2v) is 9.91. The van der Waals surface area contributed by atoms with E-state index in [0.29, 0.717) is 39.0 Å². The van der Waals surface area contributed by atoms with E-state index in [1.54, 1.807) is 17.0 Å². The van der Waals surface area contributed by atoms with Crippen molar-refractivity contribution in [1.82, 2.24) is 4.90 Å². The van der Waals surface area contributed by atoms with Gasteiger partial charge in [0.05, 0.1) is 23.4 Å². The first-order chi connectivity index (χ1) is 16.1. The van der Waals surface area contributed by atoms with E-state index in [1.165, 1.54) is 38.1 Å². The fraction of sp³-hybridized carbons (Fsp3) is 0.519. The normalized spacial score (nSPS) is 22.7. The van der Waals surface area contributed by atoms with Crippen LogP contribution in [-0.4, -0.2) is 47.3 Å². The number of hydrogen-bond donors (Lipinski definition) is 1. The SMILES string of the molecule is CCO[C@H]1C[C@@H](c2cccc(F)c2)OC2(CCN(C(=O)c3ccc(C(C)(C)O)c(F)c3)CC2)C1. The van der Waals surface area contributed by atoms with E-state index in [2.05, 4.69) is 0 Å². The quantitative estimate of drug-likeness (QED) is 0.655. The Morgan fingerprint density at radius 1 is 1.21 bits per heavy atom. The maximum Gasteiger partial charge on any atom is 0.253 e. The van der Waals surface area contributed by atoms with E-state index in [1.807, 2.05) is 13.0 Å².